The smallest absolute Gasteiger partial charge is 0.261 e. The first-order valence-corrected chi connectivity index (χ1v) is 7.90. The van der Waals surface area contributed by atoms with E-state index in [4.69, 9.17) is 5.73 Å². The zero-order valence-corrected chi connectivity index (χ0v) is 12.0. The lowest BCUT2D eigenvalue weighted by Gasteiger charge is -2.10. The quantitative estimate of drug-likeness (QED) is 0.847. The maximum atomic E-state index is 12.0. The number of nitrogens with one attached hydrogen (secondary N) is 1. The Morgan fingerprint density at radius 1 is 1.50 bits per heavy atom. The third kappa shape index (κ3) is 2.97. The highest BCUT2D eigenvalue weighted by Gasteiger charge is 2.12. The van der Waals surface area contributed by atoms with Crippen molar-refractivity contribution >= 4 is 44.8 Å². The van der Waals surface area contributed by atoms with E-state index in [2.05, 4.69) is 5.32 Å². The molecule has 0 aliphatic carbocycles. The highest BCUT2D eigenvalue weighted by atomic mass is 32.2. The van der Waals surface area contributed by atoms with Gasteiger partial charge in [-0.15, -0.1) is 11.3 Å². The molecular weight excluding hydrogens is 264 g/mol. The molecule has 3 N–H and O–H groups in total. The number of nitrogen functional groups attached to an aromatic ring is 1. The molecule has 0 fully saturated rings. The maximum Gasteiger partial charge on any atom is 0.261 e. The summed E-state index contributed by atoms with van der Waals surface area (Å²) in [7, 11) is 0. The number of fused-ring (bicyclic) bond motifs is 1. The molecule has 2 rings (SSSR count). The van der Waals surface area contributed by atoms with Gasteiger partial charge in [0.1, 0.15) is 0 Å². The number of rotatable bonds is 4. The van der Waals surface area contributed by atoms with Crippen LogP contribution < -0.4 is 11.1 Å². The van der Waals surface area contributed by atoms with Crippen LogP contribution in [0.1, 0.15) is 16.6 Å². The molecule has 1 aromatic heterocycles. The van der Waals surface area contributed by atoms with Gasteiger partial charge in [0.2, 0.25) is 0 Å². The van der Waals surface area contributed by atoms with Crippen LogP contribution in [-0.2, 0) is 0 Å². The van der Waals surface area contributed by atoms with Crippen LogP contribution in [0.15, 0.2) is 24.3 Å². The number of thiophene rings is 1. The minimum atomic E-state index is -0.00341. The molecule has 0 aliphatic rings. The molecule has 0 radical (unpaired) electrons. The van der Waals surface area contributed by atoms with Gasteiger partial charge in [0, 0.05) is 22.2 Å². The first-order valence-electron chi connectivity index (χ1n) is 5.69. The third-order valence-electron chi connectivity index (χ3n) is 2.56. The molecule has 0 bridgehead atoms. The van der Waals surface area contributed by atoms with Crippen LogP contribution in [0.3, 0.4) is 0 Å². The molecule has 1 amide bonds. The number of hydrogen-bond acceptors (Lipinski definition) is 4. The Morgan fingerprint density at radius 2 is 2.28 bits per heavy atom. The van der Waals surface area contributed by atoms with Gasteiger partial charge in [-0.2, -0.15) is 11.8 Å². The van der Waals surface area contributed by atoms with Crippen LogP contribution in [0, 0.1) is 0 Å². The van der Waals surface area contributed by atoms with Gasteiger partial charge in [-0.3, -0.25) is 4.79 Å². The second-order valence-electron chi connectivity index (χ2n) is 4.24. The molecule has 0 spiro atoms. The lowest BCUT2D eigenvalue weighted by molar-refractivity contribution is 0.0948. The zero-order valence-electron chi connectivity index (χ0n) is 10.4. The van der Waals surface area contributed by atoms with E-state index < -0.39 is 0 Å². The van der Waals surface area contributed by atoms with Crippen LogP contribution in [0.25, 0.3) is 10.1 Å². The van der Waals surface area contributed by atoms with E-state index in [0.717, 1.165) is 26.4 Å². The molecule has 1 unspecified atom stereocenters. The molecule has 18 heavy (non-hydrogen) atoms. The third-order valence-corrected chi connectivity index (χ3v) is 4.51. The predicted octanol–water partition coefficient (Wildman–Crippen LogP) is 2.96. The van der Waals surface area contributed by atoms with Crippen molar-refractivity contribution in [3.8, 4) is 0 Å². The second kappa shape index (κ2) is 5.63. The van der Waals surface area contributed by atoms with Gasteiger partial charge < -0.3 is 11.1 Å². The predicted molar refractivity (Wildman–Crippen MR) is 81.5 cm³/mol. The van der Waals surface area contributed by atoms with Gasteiger partial charge in [-0.25, -0.2) is 0 Å². The first kappa shape index (κ1) is 13.2. The van der Waals surface area contributed by atoms with E-state index in [1.165, 1.54) is 11.3 Å². The summed E-state index contributed by atoms with van der Waals surface area (Å²) in [6.07, 6.45) is 2.03. The largest absolute Gasteiger partial charge is 0.399 e. The Bertz CT molecular complexity index is 565. The fraction of sp³-hybridized carbons (Fsp3) is 0.308. The summed E-state index contributed by atoms with van der Waals surface area (Å²) in [5, 5.41) is 4.02. The zero-order chi connectivity index (χ0) is 13.1. The van der Waals surface area contributed by atoms with Crippen LogP contribution in [0.5, 0.6) is 0 Å². The summed E-state index contributed by atoms with van der Waals surface area (Å²) >= 11 is 3.23. The van der Waals surface area contributed by atoms with Crippen molar-refractivity contribution in [2.45, 2.75) is 13.0 Å². The minimum absolute atomic E-state index is 0.00341. The fourth-order valence-electron chi connectivity index (χ4n) is 1.76. The number of amides is 1. The lowest BCUT2D eigenvalue weighted by Crippen LogP contribution is -2.33. The Kier molecular flexibility index (Phi) is 4.14. The monoisotopic (exact) mass is 280 g/mol. The average Bonchev–Trinajstić information content (AvgIpc) is 2.72. The lowest BCUT2D eigenvalue weighted by atomic mass is 10.2. The Balaban J connectivity index is 2.18. The molecule has 0 saturated heterocycles. The van der Waals surface area contributed by atoms with E-state index in [1.54, 1.807) is 11.8 Å². The van der Waals surface area contributed by atoms with Gasteiger partial charge in [-0.1, -0.05) is 0 Å². The van der Waals surface area contributed by atoms with Crippen LogP contribution >= 0.6 is 23.1 Å². The van der Waals surface area contributed by atoms with Crippen LogP contribution in [-0.4, -0.2) is 24.0 Å². The van der Waals surface area contributed by atoms with Crippen LogP contribution in [0.4, 0.5) is 5.69 Å². The summed E-state index contributed by atoms with van der Waals surface area (Å²) < 4.78 is 1.09. The van der Waals surface area contributed by atoms with Crippen molar-refractivity contribution in [3.63, 3.8) is 0 Å². The van der Waals surface area contributed by atoms with E-state index >= 15 is 0 Å². The number of thioether (sulfide) groups is 1. The Morgan fingerprint density at radius 3 is 3.00 bits per heavy atom. The van der Waals surface area contributed by atoms with E-state index in [0.29, 0.717) is 0 Å². The maximum absolute atomic E-state index is 12.0. The van der Waals surface area contributed by atoms with Gasteiger partial charge >= 0.3 is 0 Å². The molecule has 3 nitrogen and oxygen atoms in total. The molecule has 5 heteroatoms. The molecular formula is C13H16N2OS2. The average molecular weight is 280 g/mol. The molecule has 1 atom stereocenters. The Hall–Kier alpha value is -1.20. The number of nitrogens with two attached hydrogens (primary N) is 1. The van der Waals surface area contributed by atoms with E-state index in [1.807, 2.05) is 37.4 Å². The molecule has 96 valence electrons. The van der Waals surface area contributed by atoms with Crippen molar-refractivity contribution in [2.75, 3.05) is 17.7 Å². The number of carbonyl (C=O) groups excluding carboxylic acids is 1. The van der Waals surface area contributed by atoms with Gasteiger partial charge in [0.15, 0.2) is 0 Å². The molecule has 0 saturated carbocycles. The van der Waals surface area contributed by atoms with Gasteiger partial charge in [0.05, 0.1) is 4.88 Å². The summed E-state index contributed by atoms with van der Waals surface area (Å²) in [4.78, 5) is 12.8. The molecule has 1 aromatic carbocycles. The van der Waals surface area contributed by atoms with Crippen molar-refractivity contribution in [2.24, 2.45) is 0 Å². The second-order valence-corrected chi connectivity index (χ2v) is 6.23. The standard InChI is InChI=1S/C13H16N2OS2/c1-8(7-17-2)15-13(16)12-6-9-5-10(14)3-4-11(9)18-12/h3-6,8H,7,14H2,1-2H3,(H,15,16). The van der Waals surface area contributed by atoms with Gasteiger partial charge in [-0.05, 0) is 42.8 Å². The van der Waals surface area contributed by atoms with Crippen molar-refractivity contribution < 1.29 is 4.79 Å². The summed E-state index contributed by atoms with van der Waals surface area (Å²) in [5.74, 6) is 0.917. The van der Waals surface area contributed by atoms with E-state index in [-0.39, 0.29) is 11.9 Å². The SMILES string of the molecule is CSCC(C)NC(=O)c1cc2cc(N)ccc2s1. The number of anilines is 1. The topological polar surface area (TPSA) is 55.1 Å². The van der Waals surface area contributed by atoms with E-state index in [9.17, 15) is 4.79 Å². The van der Waals surface area contributed by atoms with Crippen molar-refractivity contribution in [3.05, 3.63) is 29.1 Å². The highest BCUT2D eigenvalue weighted by molar-refractivity contribution is 7.98. The number of benzene rings is 1. The summed E-state index contributed by atoms with van der Waals surface area (Å²) in [6.45, 7) is 2.01. The fourth-order valence-corrected chi connectivity index (χ4v) is 3.29. The first-order chi connectivity index (χ1) is 8.60. The molecule has 0 aliphatic heterocycles. The normalized spacial score (nSPS) is 12.6. The minimum Gasteiger partial charge on any atom is -0.399 e. The number of hydrogen-bond donors (Lipinski definition) is 2. The van der Waals surface area contributed by atoms with Crippen molar-refractivity contribution in [1.82, 2.24) is 5.32 Å². The van der Waals surface area contributed by atoms with Crippen LogP contribution in [0.2, 0.25) is 0 Å². The van der Waals surface area contributed by atoms with Crippen molar-refractivity contribution in [1.29, 1.82) is 0 Å². The summed E-state index contributed by atoms with van der Waals surface area (Å²) in [5.41, 5.74) is 6.46. The Labute approximate surface area is 115 Å². The summed E-state index contributed by atoms with van der Waals surface area (Å²) in [6, 6.07) is 7.79. The van der Waals surface area contributed by atoms with Gasteiger partial charge in [0.25, 0.3) is 5.91 Å². The molecule has 2 aromatic rings. The highest BCUT2D eigenvalue weighted by Crippen LogP contribution is 2.27. The number of carbonyl (C=O) groups is 1. The molecule has 1 heterocycles.